The Bertz CT molecular complexity index is 451. The largest absolute Gasteiger partial charge is 0.379 e. The van der Waals surface area contributed by atoms with Crippen LogP contribution in [-0.2, 0) is 21.4 Å². The molecule has 106 valence electrons. The third kappa shape index (κ3) is 3.41. The molecule has 1 saturated heterocycles. The molecule has 1 aliphatic heterocycles. The summed E-state index contributed by atoms with van der Waals surface area (Å²) in [6.45, 7) is 7.56. The van der Waals surface area contributed by atoms with E-state index in [9.17, 15) is 4.79 Å². The Morgan fingerprint density at radius 3 is 2.84 bits per heavy atom. The van der Waals surface area contributed by atoms with Crippen LogP contribution in [0.25, 0.3) is 0 Å². The van der Waals surface area contributed by atoms with Crippen molar-refractivity contribution in [3.63, 3.8) is 0 Å². The number of aromatic nitrogens is 1. The predicted octanol–water partition coefficient (Wildman–Crippen LogP) is 1.79. The lowest BCUT2D eigenvalue weighted by Crippen LogP contribution is -2.37. The van der Waals surface area contributed by atoms with Crippen molar-refractivity contribution in [2.75, 3.05) is 20.3 Å². The van der Waals surface area contributed by atoms with Crippen LogP contribution in [0.15, 0.2) is 5.38 Å². The number of nitrogens with one attached hydrogen (secondary N) is 1. The van der Waals surface area contributed by atoms with Crippen LogP contribution in [0.2, 0.25) is 0 Å². The minimum Gasteiger partial charge on any atom is -0.379 e. The summed E-state index contributed by atoms with van der Waals surface area (Å²) in [5.74, 6) is 0.193. The highest BCUT2D eigenvalue weighted by Gasteiger charge is 2.33. The first kappa shape index (κ1) is 14.6. The van der Waals surface area contributed by atoms with Gasteiger partial charge < -0.3 is 10.1 Å². The summed E-state index contributed by atoms with van der Waals surface area (Å²) in [7, 11) is 1.88. The fourth-order valence-corrected chi connectivity index (χ4v) is 3.20. The molecule has 0 amide bonds. The minimum atomic E-state index is -0.0352. The van der Waals surface area contributed by atoms with Crippen molar-refractivity contribution >= 4 is 17.1 Å². The molecule has 1 fully saturated rings. The second kappa shape index (κ2) is 5.69. The third-order valence-electron chi connectivity index (χ3n) is 3.51. The Morgan fingerprint density at radius 2 is 2.26 bits per heavy atom. The lowest BCUT2D eigenvalue weighted by Gasteiger charge is -2.15. The first-order valence-corrected chi connectivity index (χ1v) is 7.52. The maximum atomic E-state index is 12.3. The van der Waals surface area contributed by atoms with Crippen LogP contribution < -0.4 is 5.32 Å². The fraction of sp³-hybridized carbons (Fsp3) is 0.714. The Labute approximate surface area is 118 Å². The van der Waals surface area contributed by atoms with E-state index in [0.29, 0.717) is 19.6 Å². The van der Waals surface area contributed by atoms with Crippen molar-refractivity contribution in [3.05, 3.63) is 16.1 Å². The average Bonchev–Trinajstić information content (AvgIpc) is 2.95. The molecule has 0 aliphatic carbocycles. The monoisotopic (exact) mass is 282 g/mol. The predicted molar refractivity (Wildman–Crippen MR) is 76.7 cm³/mol. The number of ether oxygens (including phenoxy) is 1. The van der Waals surface area contributed by atoms with E-state index in [-0.39, 0.29) is 23.2 Å². The third-order valence-corrected chi connectivity index (χ3v) is 4.36. The number of rotatable bonds is 4. The molecule has 2 atom stereocenters. The van der Waals surface area contributed by atoms with Crippen LogP contribution in [0.4, 0.5) is 0 Å². The summed E-state index contributed by atoms with van der Waals surface area (Å²) in [6, 6.07) is 0.148. The molecule has 0 radical (unpaired) electrons. The Hall–Kier alpha value is -0.780. The Morgan fingerprint density at radius 1 is 1.53 bits per heavy atom. The normalized spacial score (nSPS) is 23.8. The summed E-state index contributed by atoms with van der Waals surface area (Å²) in [4.78, 5) is 16.9. The molecule has 2 rings (SSSR count). The van der Waals surface area contributed by atoms with E-state index >= 15 is 0 Å². The maximum absolute atomic E-state index is 12.3. The van der Waals surface area contributed by atoms with Gasteiger partial charge >= 0.3 is 0 Å². The van der Waals surface area contributed by atoms with Crippen molar-refractivity contribution in [2.24, 2.45) is 5.92 Å². The maximum Gasteiger partial charge on any atom is 0.146 e. The summed E-state index contributed by atoms with van der Waals surface area (Å²) >= 11 is 1.58. The molecule has 1 N–H and O–H groups in total. The Kier molecular flexibility index (Phi) is 4.38. The zero-order valence-corrected chi connectivity index (χ0v) is 12.8. The van der Waals surface area contributed by atoms with Gasteiger partial charge in [-0.25, -0.2) is 4.98 Å². The van der Waals surface area contributed by atoms with E-state index in [1.807, 2.05) is 7.05 Å². The number of carbonyl (C=O) groups excluding carboxylic acids is 1. The molecule has 19 heavy (non-hydrogen) atoms. The number of thiazole rings is 1. The van der Waals surface area contributed by atoms with Gasteiger partial charge in [-0.05, 0) is 7.05 Å². The molecule has 0 saturated carbocycles. The van der Waals surface area contributed by atoms with Gasteiger partial charge in [-0.2, -0.15) is 0 Å². The second-order valence-electron chi connectivity index (χ2n) is 6.06. The lowest BCUT2D eigenvalue weighted by molar-refractivity contribution is -0.122. The minimum absolute atomic E-state index is 0.0352. The topological polar surface area (TPSA) is 51.2 Å². The molecule has 4 nitrogen and oxygen atoms in total. The molecule has 5 heteroatoms. The van der Waals surface area contributed by atoms with Gasteiger partial charge in [-0.1, -0.05) is 20.8 Å². The van der Waals surface area contributed by atoms with Gasteiger partial charge in [0.25, 0.3) is 0 Å². The number of nitrogens with zero attached hydrogens (tertiary/aromatic N) is 1. The van der Waals surface area contributed by atoms with Gasteiger partial charge in [0.15, 0.2) is 0 Å². The van der Waals surface area contributed by atoms with Gasteiger partial charge in [0.05, 0.1) is 31.2 Å². The van der Waals surface area contributed by atoms with E-state index in [4.69, 9.17) is 4.74 Å². The number of hydrogen-bond acceptors (Lipinski definition) is 5. The first-order valence-electron chi connectivity index (χ1n) is 6.64. The van der Waals surface area contributed by atoms with Gasteiger partial charge in [0.1, 0.15) is 10.8 Å². The smallest absolute Gasteiger partial charge is 0.146 e. The molecular formula is C14H22N2O2S. The fourth-order valence-electron chi connectivity index (χ4n) is 2.17. The molecule has 1 aromatic heterocycles. The number of Topliss-reactive ketones (excluding diaryl/α,β-unsaturated/α-hetero) is 1. The van der Waals surface area contributed by atoms with Gasteiger partial charge in [0, 0.05) is 16.8 Å². The summed E-state index contributed by atoms with van der Waals surface area (Å²) in [5.41, 5.74) is 1.11. The van der Waals surface area contributed by atoms with Crippen LogP contribution in [-0.4, -0.2) is 37.1 Å². The van der Waals surface area contributed by atoms with Crippen LogP contribution >= 0.6 is 11.3 Å². The number of carbonyl (C=O) groups is 1. The van der Waals surface area contributed by atoms with Crippen LogP contribution in [0.1, 0.15) is 31.5 Å². The molecule has 1 aliphatic rings. The molecule has 0 bridgehead atoms. The lowest BCUT2D eigenvalue weighted by atomic mass is 9.93. The van der Waals surface area contributed by atoms with Crippen molar-refractivity contribution in [2.45, 2.75) is 38.6 Å². The van der Waals surface area contributed by atoms with Crippen molar-refractivity contribution < 1.29 is 9.53 Å². The van der Waals surface area contributed by atoms with E-state index in [2.05, 4.69) is 36.5 Å². The molecule has 0 spiro atoms. The number of likely N-dealkylation sites (N-methyl/N-ethyl adjacent to an activating group) is 1. The molecule has 0 aromatic carbocycles. The molecular weight excluding hydrogens is 260 g/mol. The van der Waals surface area contributed by atoms with Gasteiger partial charge in [-0.15, -0.1) is 11.3 Å². The SMILES string of the molecule is CNC1COCC1C(=O)Cc1nc(C(C)(C)C)cs1. The Balaban J connectivity index is 2.01. The van der Waals surface area contributed by atoms with Crippen LogP contribution in [0, 0.1) is 5.92 Å². The molecule has 2 unspecified atom stereocenters. The standard InChI is InChI=1S/C14H22N2O2S/c1-14(2,3)12-8-19-13(16-12)5-11(17)9-6-18-7-10(9)15-4/h8-10,15H,5-7H2,1-4H3. The molecule has 1 aromatic rings. The van der Waals surface area contributed by atoms with Crippen molar-refractivity contribution in [3.8, 4) is 0 Å². The van der Waals surface area contributed by atoms with Gasteiger partial charge in [-0.3, -0.25) is 4.79 Å². The highest BCUT2D eigenvalue weighted by molar-refractivity contribution is 7.09. The average molecular weight is 282 g/mol. The van der Waals surface area contributed by atoms with Crippen LogP contribution in [0.3, 0.4) is 0 Å². The number of hydrogen-bond donors (Lipinski definition) is 1. The summed E-state index contributed by atoms with van der Waals surface area (Å²) in [5, 5.41) is 6.12. The zero-order valence-electron chi connectivity index (χ0n) is 12.0. The van der Waals surface area contributed by atoms with E-state index < -0.39 is 0 Å². The zero-order chi connectivity index (χ0) is 14.0. The second-order valence-corrected chi connectivity index (χ2v) is 7.00. The van der Waals surface area contributed by atoms with Crippen LogP contribution in [0.5, 0.6) is 0 Å². The number of ketones is 1. The quantitative estimate of drug-likeness (QED) is 0.914. The summed E-state index contributed by atoms with van der Waals surface area (Å²) in [6.07, 6.45) is 0.424. The van der Waals surface area contributed by atoms with Crippen molar-refractivity contribution in [1.82, 2.24) is 10.3 Å². The highest BCUT2D eigenvalue weighted by Crippen LogP contribution is 2.25. The van der Waals surface area contributed by atoms with E-state index in [1.54, 1.807) is 11.3 Å². The van der Waals surface area contributed by atoms with Gasteiger partial charge in [0.2, 0.25) is 0 Å². The molecule has 2 heterocycles. The summed E-state index contributed by atoms with van der Waals surface area (Å²) < 4.78 is 5.38. The van der Waals surface area contributed by atoms with E-state index in [1.165, 1.54) is 0 Å². The first-order chi connectivity index (χ1) is 8.91. The highest BCUT2D eigenvalue weighted by atomic mass is 32.1. The van der Waals surface area contributed by atoms with E-state index in [0.717, 1.165) is 10.7 Å². The van der Waals surface area contributed by atoms with Crippen molar-refractivity contribution in [1.29, 1.82) is 0 Å².